The van der Waals surface area contributed by atoms with Crippen LogP contribution < -0.4 is 5.32 Å². The summed E-state index contributed by atoms with van der Waals surface area (Å²) < 4.78 is 41.8. The van der Waals surface area contributed by atoms with Gasteiger partial charge in [0.25, 0.3) is 5.91 Å². The summed E-state index contributed by atoms with van der Waals surface area (Å²) in [4.78, 5) is 12.5. The number of nitrogens with one attached hydrogen (secondary N) is 1. The van der Waals surface area contributed by atoms with Crippen LogP contribution in [0.4, 0.5) is 10.1 Å². The van der Waals surface area contributed by atoms with E-state index in [1.54, 1.807) is 0 Å². The van der Waals surface area contributed by atoms with Crippen molar-refractivity contribution in [3.8, 4) is 0 Å². The number of halogens is 3. The van der Waals surface area contributed by atoms with Crippen molar-refractivity contribution in [3.05, 3.63) is 57.8 Å². The first-order valence-electron chi connectivity index (χ1n) is 9.13. The van der Waals surface area contributed by atoms with Gasteiger partial charge in [-0.1, -0.05) is 37.0 Å². The normalized spacial score (nSPS) is 20.4. The maximum Gasteiger partial charge on any atom is 0.258 e. The number of hydrogen-bond acceptors (Lipinski definition) is 3. The van der Waals surface area contributed by atoms with Crippen molar-refractivity contribution in [2.24, 2.45) is 11.8 Å². The van der Waals surface area contributed by atoms with Gasteiger partial charge in [-0.25, -0.2) is 12.8 Å². The molecular formula is C20H21Cl2FN2O3S. The highest BCUT2D eigenvalue weighted by molar-refractivity contribution is 7.89. The molecule has 0 aliphatic carbocycles. The van der Waals surface area contributed by atoms with Gasteiger partial charge in [-0.3, -0.25) is 4.79 Å². The second-order valence-electron chi connectivity index (χ2n) is 7.52. The van der Waals surface area contributed by atoms with Crippen LogP contribution in [-0.2, 0) is 10.0 Å². The summed E-state index contributed by atoms with van der Waals surface area (Å²) in [7, 11) is -3.84. The Morgan fingerprint density at radius 2 is 1.66 bits per heavy atom. The highest BCUT2D eigenvalue weighted by atomic mass is 35.5. The third-order valence-corrected chi connectivity index (χ3v) is 7.04. The standard InChI is InChI=1S/C20H21Cl2FN2O3S/c1-12-5-13(2)11-25(10-12)29(27,28)17-3-4-19(23)18(9-17)20(26)24-16-7-14(21)6-15(22)8-16/h3-4,6-9,12-13H,5,10-11H2,1-2H3,(H,24,26)/t12-,13-/m1/s1. The van der Waals surface area contributed by atoms with Crippen molar-refractivity contribution < 1.29 is 17.6 Å². The van der Waals surface area contributed by atoms with Gasteiger partial charge in [-0.05, 0) is 54.7 Å². The Kier molecular flexibility index (Phi) is 6.53. The van der Waals surface area contributed by atoms with Crippen molar-refractivity contribution in [1.29, 1.82) is 0 Å². The molecule has 1 aliphatic rings. The number of anilines is 1. The van der Waals surface area contributed by atoms with Crippen LogP contribution in [0.25, 0.3) is 0 Å². The third kappa shape index (κ3) is 5.09. The predicted octanol–water partition coefficient (Wildman–Crippen LogP) is 5.05. The van der Waals surface area contributed by atoms with Crippen molar-refractivity contribution in [3.63, 3.8) is 0 Å². The van der Waals surface area contributed by atoms with Crippen LogP contribution in [0.5, 0.6) is 0 Å². The van der Waals surface area contributed by atoms with E-state index in [0.29, 0.717) is 23.1 Å². The van der Waals surface area contributed by atoms with E-state index in [1.165, 1.54) is 28.6 Å². The van der Waals surface area contributed by atoms with Crippen molar-refractivity contribution in [2.75, 3.05) is 18.4 Å². The maximum absolute atomic E-state index is 14.3. The number of nitrogens with zero attached hydrogens (tertiary/aromatic N) is 1. The molecular weight excluding hydrogens is 438 g/mol. The molecule has 1 N–H and O–H groups in total. The Labute approximate surface area is 179 Å². The van der Waals surface area contributed by atoms with E-state index >= 15 is 0 Å². The number of benzene rings is 2. The molecule has 5 nitrogen and oxygen atoms in total. The summed E-state index contributed by atoms with van der Waals surface area (Å²) in [6.45, 7) is 4.79. The zero-order valence-electron chi connectivity index (χ0n) is 16.0. The Hall–Kier alpha value is -1.67. The van der Waals surface area contributed by atoms with Crippen LogP contribution >= 0.6 is 23.2 Å². The zero-order valence-corrected chi connectivity index (χ0v) is 18.3. The van der Waals surface area contributed by atoms with Crippen molar-refractivity contribution >= 4 is 44.8 Å². The van der Waals surface area contributed by atoms with Gasteiger partial charge in [0.2, 0.25) is 10.0 Å². The summed E-state index contributed by atoms with van der Waals surface area (Å²) in [5.41, 5.74) is -0.0980. The zero-order chi connectivity index (χ0) is 21.3. The Bertz CT molecular complexity index is 1020. The molecule has 29 heavy (non-hydrogen) atoms. The minimum absolute atomic E-state index is 0.116. The van der Waals surface area contributed by atoms with E-state index < -0.39 is 21.7 Å². The highest BCUT2D eigenvalue weighted by Gasteiger charge is 2.32. The molecule has 2 aromatic carbocycles. The lowest BCUT2D eigenvalue weighted by atomic mass is 9.94. The second kappa shape index (κ2) is 8.60. The van der Waals surface area contributed by atoms with Crippen LogP contribution in [0.2, 0.25) is 10.0 Å². The van der Waals surface area contributed by atoms with E-state index in [2.05, 4.69) is 5.32 Å². The van der Waals surface area contributed by atoms with Gasteiger partial charge in [-0.15, -0.1) is 0 Å². The maximum atomic E-state index is 14.3. The predicted molar refractivity (Wildman–Crippen MR) is 113 cm³/mol. The van der Waals surface area contributed by atoms with Gasteiger partial charge in [0.05, 0.1) is 10.5 Å². The molecule has 1 saturated heterocycles. The summed E-state index contributed by atoms with van der Waals surface area (Å²) >= 11 is 11.8. The van der Waals surface area contributed by atoms with E-state index in [9.17, 15) is 17.6 Å². The van der Waals surface area contributed by atoms with Gasteiger partial charge in [0.15, 0.2) is 0 Å². The van der Waals surface area contributed by atoms with Crippen molar-refractivity contribution in [2.45, 2.75) is 25.2 Å². The lowest BCUT2D eigenvalue weighted by molar-refractivity contribution is 0.102. The molecule has 1 fully saturated rings. The Balaban J connectivity index is 1.90. The molecule has 1 amide bonds. The number of carbonyl (C=O) groups excluding carboxylic acids is 1. The summed E-state index contributed by atoms with van der Waals surface area (Å²) in [6, 6.07) is 7.65. The SMILES string of the molecule is C[C@@H]1C[C@@H](C)CN(S(=O)(=O)c2ccc(F)c(C(=O)Nc3cc(Cl)cc(Cl)c3)c2)C1. The molecule has 0 aromatic heterocycles. The third-order valence-electron chi connectivity index (χ3n) is 4.78. The molecule has 156 valence electrons. The lowest BCUT2D eigenvalue weighted by Crippen LogP contribution is -2.42. The molecule has 0 unspecified atom stereocenters. The Morgan fingerprint density at radius 1 is 1.07 bits per heavy atom. The van der Waals surface area contributed by atoms with Gasteiger partial charge >= 0.3 is 0 Å². The lowest BCUT2D eigenvalue weighted by Gasteiger charge is -2.34. The quantitative estimate of drug-likeness (QED) is 0.696. The number of amides is 1. The number of piperidine rings is 1. The Morgan fingerprint density at radius 3 is 2.24 bits per heavy atom. The van der Waals surface area contributed by atoms with Crippen LogP contribution in [0, 0.1) is 17.7 Å². The van der Waals surface area contributed by atoms with Gasteiger partial charge in [0, 0.05) is 28.8 Å². The molecule has 2 aromatic rings. The van der Waals surface area contributed by atoms with Crippen molar-refractivity contribution in [1.82, 2.24) is 4.31 Å². The number of sulfonamides is 1. The minimum atomic E-state index is -3.84. The highest BCUT2D eigenvalue weighted by Crippen LogP contribution is 2.28. The number of carbonyl (C=O) groups is 1. The molecule has 0 bridgehead atoms. The summed E-state index contributed by atoms with van der Waals surface area (Å²) in [6.07, 6.45) is 0.950. The van der Waals surface area contributed by atoms with E-state index in [0.717, 1.165) is 18.6 Å². The second-order valence-corrected chi connectivity index (χ2v) is 10.3. The van der Waals surface area contributed by atoms with Gasteiger partial charge in [-0.2, -0.15) is 4.31 Å². The molecule has 3 rings (SSSR count). The number of hydrogen-bond donors (Lipinski definition) is 1. The monoisotopic (exact) mass is 458 g/mol. The molecule has 1 heterocycles. The first-order chi connectivity index (χ1) is 13.6. The molecule has 0 radical (unpaired) electrons. The van der Waals surface area contributed by atoms with Crippen LogP contribution in [0.3, 0.4) is 0 Å². The van der Waals surface area contributed by atoms with E-state index in [-0.39, 0.29) is 28.0 Å². The fraction of sp³-hybridized carbons (Fsp3) is 0.350. The van der Waals surface area contributed by atoms with E-state index in [1.807, 2.05) is 13.8 Å². The average Bonchev–Trinajstić information content (AvgIpc) is 2.60. The molecule has 0 spiro atoms. The molecule has 9 heteroatoms. The molecule has 0 saturated carbocycles. The summed E-state index contributed by atoms with van der Waals surface area (Å²) in [5, 5.41) is 3.10. The average molecular weight is 459 g/mol. The van der Waals surface area contributed by atoms with Crippen LogP contribution in [-0.4, -0.2) is 31.7 Å². The minimum Gasteiger partial charge on any atom is -0.322 e. The van der Waals surface area contributed by atoms with Crippen LogP contribution in [0.15, 0.2) is 41.3 Å². The van der Waals surface area contributed by atoms with Crippen LogP contribution in [0.1, 0.15) is 30.6 Å². The van der Waals surface area contributed by atoms with Gasteiger partial charge < -0.3 is 5.32 Å². The molecule has 1 aliphatic heterocycles. The first-order valence-corrected chi connectivity index (χ1v) is 11.3. The fourth-order valence-corrected chi connectivity index (χ4v) is 5.85. The molecule has 2 atom stereocenters. The summed E-state index contributed by atoms with van der Waals surface area (Å²) in [5.74, 6) is -1.16. The number of rotatable bonds is 4. The smallest absolute Gasteiger partial charge is 0.258 e. The van der Waals surface area contributed by atoms with Gasteiger partial charge in [0.1, 0.15) is 5.82 Å². The van der Waals surface area contributed by atoms with E-state index in [4.69, 9.17) is 23.2 Å². The fourth-order valence-electron chi connectivity index (χ4n) is 3.61. The topological polar surface area (TPSA) is 66.5 Å². The largest absolute Gasteiger partial charge is 0.322 e. The first kappa shape index (κ1) is 22.0.